The van der Waals surface area contributed by atoms with Crippen molar-refractivity contribution in [2.45, 2.75) is 58.5 Å². The molecular weight excluding hydrogens is 236 g/mol. The lowest BCUT2D eigenvalue weighted by Crippen LogP contribution is -2.56. The molecule has 2 heteroatoms. The smallest absolute Gasteiger partial charge is 0.229 e. The molecule has 2 unspecified atom stereocenters. The molecule has 0 aliphatic carbocycles. The third-order valence-electron chi connectivity index (χ3n) is 4.53. The summed E-state index contributed by atoms with van der Waals surface area (Å²) in [5.41, 5.74) is 2.63. The van der Waals surface area contributed by atoms with Gasteiger partial charge in [0.25, 0.3) is 0 Å². The van der Waals surface area contributed by atoms with Crippen LogP contribution < -0.4 is 5.19 Å². The minimum atomic E-state index is -1.88. The molecule has 0 heterocycles. The molecule has 1 rings (SSSR count). The average molecular weight is 264 g/mol. The maximum atomic E-state index is 6.21. The Morgan fingerprint density at radius 1 is 1.00 bits per heavy atom. The van der Waals surface area contributed by atoms with Crippen LogP contribution in [0.15, 0.2) is 24.3 Å². The van der Waals surface area contributed by atoms with E-state index >= 15 is 0 Å². The fourth-order valence-corrected chi connectivity index (χ4v) is 8.05. The quantitative estimate of drug-likeness (QED) is 0.692. The highest BCUT2D eigenvalue weighted by molar-refractivity contribution is 6.88. The number of benzene rings is 1. The van der Waals surface area contributed by atoms with E-state index in [0.717, 1.165) is 0 Å². The lowest BCUT2D eigenvalue weighted by atomic mass is 10.2. The van der Waals surface area contributed by atoms with Crippen molar-refractivity contribution in [3.8, 4) is 0 Å². The van der Waals surface area contributed by atoms with E-state index in [1.807, 2.05) is 7.11 Å². The van der Waals surface area contributed by atoms with E-state index in [2.05, 4.69) is 58.9 Å². The largest absolute Gasteiger partial charge is 0.415 e. The molecule has 0 saturated carbocycles. The third-order valence-corrected chi connectivity index (χ3v) is 10.2. The molecule has 0 fully saturated rings. The Morgan fingerprint density at radius 3 is 1.78 bits per heavy atom. The highest BCUT2D eigenvalue weighted by atomic mass is 28.4. The van der Waals surface area contributed by atoms with Gasteiger partial charge in [0.2, 0.25) is 8.32 Å². The Labute approximate surface area is 114 Å². The van der Waals surface area contributed by atoms with Crippen molar-refractivity contribution >= 4 is 13.5 Å². The molecule has 1 aromatic carbocycles. The molecule has 0 bridgehead atoms. The van der Waals surface area contributed by atoms with Gasteiger partial charge in [0.1, 0.15) is 0 Å². The monoisotopic (exact) mass is 264 g/mol. The topological polar surface area (TPSA) is 9.23 Å². The summed E-state index contributed by atoms with van der Waals surface area (Å²) in [6.45, 7) is 11.4. The molecule has 18 heavy (non-hydrogen) atoms. The van der Waals surface area contributed by atoms with Crippen molar-refractivity contribution in [1.29, 1.82) is 0 Å². The van der Waals surface area contributed by atoms with E-state index in [1.165, 1.54) is 23.6 Å². The standard InChI is InChI=1S/C16H28OSi/c1-7-14(4)18(17-6,15(5)8-2)16-11-9-13(3)10-12-16/h9-12,14-15H,7-8H2,1-6H3. The van der Waals surface area contributed by atoms with Gasteiger partial charge in [-0.25, -0.2) is 0 Å². The van der Waals surface area contributed by atoms with Gasteiger partial charge in [-0.05, 0) is 23.2 Å². The van der Waals surface area contributed by atoms with Crippen LogP contribution >= 0.6 is 0 Å². The van der Waals surface area contributed by atoms with Crippen LogP contribution in [0, 0.1) is 6.92 Å². The van der Waals surface area contributed by atoms with Crippen LogP contribution in [0.1, 0.15) is 46.1 Å². The van der Waals surface area contributed by atoms with Gasteiger partial charge in [0.05, 0.1) is 0 Å². The van der Waals surface area contributed by atoms with E-state index in [4.69, 9.17) is 4.43 Å². The third kappa shape index (κ3) is 2.70. The first-order chi connectivity index (χ1) is 8.52. The Kier molecular flexibility index (Phi) is 5.61. The second-order valence-corrected chi connectivity index (χ2v) is 10.0. The maximum Gasteiger partial charge on any atom is 0.229 e. The summed E-state index contributed by atoms with van der Waals surface area (Å²) >= 11 is 0. The normalized spacial score (nSPS) is 18.1. The SMILES string of the molecule is CCC(C)[Si](OC)(c1ccc(C)cc1)C(C)CC. The van der Waals surface area contributed by atoms with E-state index in [-0.39, 0.29) is 0 Å². The van der Waals surface area contributed by atoms with Gasteiger partial charge in [-0.2, -0.15) is 0 Å². The molecule has 0 radical (unpaired) electrons. The molecule has 2 atom stereocenters. The highest BCUT2D eigenvalue weighted by Crippen LogP contribution is 2.37. The number of rotatable bonds is 6. The Morgan fingerprint density at radius 2 is 1.44 bits per heavy atom. The summed E-state index contributed by atoms with van der Waals surface area (Å²) in [5.74, 6) is 0. The molecule has 1 nitrogen and oxygen atoms in total. The summed E-state index contributed by atoms with van der Waals surface area (Å²) < 4.78 is 6.21. The first-order valence-electron chi connectivity index (χ1n) is 7.15. The predicted octanol–water partition coefficient (Wildman–Crippen LogP) is 4.39. The van der Waals surface area contributed by atoms with Crippen LogP contribution in [-0.4, -0.2) is 15.4 Å². The van der Waals surface area contributed by atoms with Crippen LogP contribution in [0.2, 0.25) is 11.1 Å². The fourth-order valence-electron chi connectivity index (χ4n) is 3.00. The fraction of sp³-hybridized carbons (Fsp3) is 0.625. The number of hydrogen-bond donors (Lipinski definition) is 0. The van der Waals surface area contributed by atoms with Crippen LogP contribution in [0.25, 0.3) is 0 Å². The zero-order valence-electron chi connectivity index (χ0n) is 12.8. The molecule has 0 N–H and O–H groups in total. The Bertz CT molecular complexity index is 348. The van der Waals surface area contributed by atoms with Crippen molar-refractivity contribution in [3.63, 3.8) is 0 Å². The number of aryl methyl sites for hydroxylation is 1. The Hall–Kier alpha value is -0.603. The van der Waals surface area contributed by atoms with E-state index < -0.39 is 8.32 Å². The summed E-state index contributed by atoms with van der Waals surface area (Å²) in [6.07, 6.45) is 2.39. The van der Waals surface area contributed by atoms with Crippen molar-refractivity contribution in [3.05, 3.63) is 29.8 Å². The molecule has 0 amide bonds. The van der Waals surface area contributed by atoms with Crippen molar-refractivity contribution in [1.82, 2.24) is 0 Å². The summed E-state index contributed by atoms with van der Waals surface area (Å²) in [7, 11) is 0.0457. The minimum Gasteiger partial charge on any atom is -0.415 e. The van der Waals surface area contributed by atoms with Crippen LogP contribution in [-0.2, 0) is 4.43 Å². The van der Waals surface area contributed by atoms with Gasteiger partial charge < -0.3 is 4.43 Å². The van der Waals surface area contributed by atoms with E-state index in [1.54, 1.807) is 0 Å². The maximum absolute atomic E-state index is 6.21. The van der Waals surface area contributed by atoms with Crippen molar-refractivity contribution < 1.29 is 4.43 Å². The Balaban J connectivity index is 3.29. The first kappa shape index (κ1) is 15.5. The van der Waals surface area contributed by atoms with E-state index in [9.17, 15) is 0 Å². The predicted molar refractivity (Wildman–Crippen MR) is 83.0 cm³/mol. The molecule has 102 valence electrons. The van der Waals surface area contributed by atoms with E-state index in [0.29, 0.717) is 11.1 Å². The molecular formula is C16H28OSi. The molecule has 0 spiro atoms. The molecule has 0 aliphatic rings. The lowest BCUT2D eigenvalue weighted by molar-refractivity contribution is 0.376. The van der Waals surface area contributed by atoms with Gasteiger partial charge in [-0.1, -0.05) is 70.4 Å². The minimum absolute atomic E-state index is 0.653. The molecule has 0 aliphatic heterocycles. The second kappa shape index (κ2) is 6.53. The van der Waals surface area contributed by atoms with Crippen LogP contribution in [0.4, 0.5) is 0 Å². The summed E-state index contributed by atoms with van der Waals surface area (Å²) in [5, 5.41) is 1.46. The number of hydrogen-bond acceptors (Lipinski definition) is 1. The van der Waals surface area contributed by atoms with Gasteiger partial charge in [-0.15, -0.1) is 0 Å². The summed E-state index contributed by atoms with van der Waals surface area (Å²) in [6, 6.07) is 9.04. The highest BCUT2D eigenvalue weighted by Gasteiger charge is 2.45. The van der Waals surface area contributed by atoms with Gasteiger partial charge in [0.15, 0.2) is 0 Å². The zero-order chi connectivity index (χ0) is 13.8. The van der Waals surface area contributed by atoms with Gasteiger partial charge in [-0.3, -0.25) is 0 Å². The van der Waals surface area contributed by atoms with Gasteiger partial charge in [0, 0.05) is 7.11 Å². The lowest BCUT2D eigenvalue weighted by Gasteiger charge is -2.40. The first-order valence-corrected chi connectivity index (χ1v) is 9.21. The second-order valence-electron chi connectivity index (χ2n) is 5.48. The molecule has 0 aromatic heterocycles. The zero-order valence-corrected chi connectivity index (χ0v) is 13.8. The molecule has 1 aromatic rings. The summed E-state index contributed by atoms with van der Waals surface area (Å²) in [4.78, 5) is 0. The van der Waals surface area contributed by atoms with Crippen molar-refractivity contribution in [2.24, 2.45) is 0 Å². The van der Waals surface area contributed by atoms with Crippen LogP contribution in [0.5, 0.6) is 0 Å². The average Bonchev–Trinajstić information content (AvgIpc) is 2.41. The van der Waals surface area contributed by atoms with Gasteiger partial charge >= 0.3 is 0 Å². The van der Waals surface area contributed by atoms with Crippen molar-refractivity contribution in [2.75, 3.05) is 7.11 Å². The van der Waals surface area contributed by atoms with Crippen LogP contribution in [0.3, 0.4) is 0 Å². The molecule has 0 saturated heterocycles.